The highest BCUT2D eigenvalue weighted by atomic mass is 16.5. The molecule has 1 aliphatic heterocycles. The second-order valence-corrected chi connectivity index (χ2v) is 5.43. The molecule has 2 N–H and O–H groups in total. The molecule has 98 valence electrons. The number of amides is 1. The SMILES string of the molecule is COCC1CCN(C(=O)[C@@H]2CCC[C@@H]2CN)C1. The lowest BCUT2D eigenvalue weighted by Gasteiger charge is -2.24. The summed E-state index contributed by atoms with van der Waals surface area (Å²) in [6, 6.07) is 0. The quantitative estimate of drug-likeness (QED) is 0.793. The van der Waals surface area contributed by atoms with E-state index in [1.807, 2.05) is 4.90 Å². The Balaban J connectivity index is 1.88. The van der Waals surface area contributed by atoms with E-state index in [1.165, 1.54) is 0 Å². The summed E-state index contributed by atoms with van der Waals surface area (Å²) in [4.78, 5) is 14.4. The van der Waals surface area contributed by atoms with Crippen LogP contribution < -0.4 is 5.73 Å². The fourth-order valence-corrected chi connectivity index (χ4v) is 3.28. The zero-order valence-electron chi connectivity index (χ0n) is 10.7. The smallest absolute Gasteiger partial charge is 0.226 e. The van der Waals surface area contributed by atoms with Crippen LogP contribution in [0.3, 0.4) is 0 Å². The molecular formula is C13H24N2O2. The number of methoxy groups -OCH3 is 1. The average molecular weight is 240 g/mol. The van der Waals surface area contributed by atoms with Gasteiger partial charge in [0.05, 0.1) is 6.61 Å². The largest absolute Gasteiger partial charge is 0.384 e. The van der Waals surface area contributed by atoms with E-state index in [9.17, 15) is 4.79 Å². The summed E-state index contributed by atoms with van der Waals surface area (Å²) in [7, 11) is 1.73. The van der Waals surface area contributed by atoms with Gasteiger partial charge in [0.25, 0.3) is 0 Å². The molecule has 4 heteroatoms. The Morgan fingerprint density at radius 3 is 2.94 bits per heavy atom. The Morgan fingerprint density at radius 1 is 1.41 bits per heavy atom. The maximum absolute atomic E-state index is 12.4. The molecule has 4 nitrogen and oxygen atoms in total. The van der Waals surface area contributed by atoms with Crippen molar-refractivity contribution in [3.05, 3.63) is 0 Å². The van der Waals surface area contributed by atoms with Crippen LogP contribution in [0.4, 0.5) is 0 Å². The molecule has 0 spiro atoms. The fourth-order valence-electron chi connectivity index (χ4n) is 3.28. The molecule has 17 heavy (non-hydrogen) atoms. The standard InChI is InChI=1S/C13H24N2O2/c1-17-9-10-5-6-15(8-10)13(16)12-4-2-3-11(12)7-14/h10-12H,2-9,14H2,1H3/t10?,11-,12-/m1/s1. The first-order chi connectivity index (χ1) is 8.26. The van der Waals surface area contributed by atoms with E-state index < -0.39 is 0 Å². The van der Waals surface area contributed by atoms with Crippen molar-refractivity contribution in [1.82, 2.24) is 4.90 Å². The molecular weight excluding hydrogens is 216 g/mol. The second-order valence-electron chi connectivity index (χ2n) is 5.43. The zero-order valence-corrected chi connectivity index (χ0v) is 10.7. The van der Waals surface area contributed by atoms with E-state index in [-0.39, 0.29) is 5.92 Å². The highest BCUT2D eigenvalue weighted by molar-refractivity contribution is 5.79. The molecule has 0 aromatic carbocycles. The van der Waals surface area contributed by atoms with E-state index in [1.54, 1.807) is 7.11 Å². The number of nitrogens with two attached hydrogens (primary N) is 1. The first-order valence-electron chi connectivity index (χ1n) is 6.74. The summed E-state index contributed by atoms with van der Waals surface area (Å²) < 4.78 is 5.16. The van der Waals surface area contributed by atoms with Gasteiger partial charge < -0.3 is 15.4 Å². The van der Waals surface area contributed by atoms with Gasteiger partial charge in [0.1, 0.15) is 0 Å². The number of ether oxygens (including phenoxy) is 1. The molecule has 3 atom stereocenters. The number of hydrogen-bond donors (Lipinski definition) is 1. The van der Waals surface area contributed by atoms with Gasteiger partial charge in [0.15, 0.2) is 0 Å². The Morgan fingerprint density at radius 2 is 2.24 bits per heavy atom. The first kappa shape index (κ1) is 12.8. The highest BCUT2D eigenvalue weighted by Crippen LogP contribution is 2.33. The van der Waals surface area contributed by atoms with E-state index in [0.717, 1.165) is 45.4 Å². The van der Waals surface area contributed by atoms with Gasteiger partial charge in [-0.2, -0.15) is 0 Å². The predicted octanol–water partition coefficient (Wildman–Crippen LogP) is 0.856. The Kier molecular flexibility index (Phi) is 4.40. The minimum atomic E-state index is 0.196. The topological polar surface area (TPSA) is 55.6 Å². The van der Waals surface area contributed by atoms with Crippen LogP contribution >= 0.6 is 0 Å². The van der Waals surface area contributed by atoms with Crippen LogP contribution in [0.15, 0.2) is 0 Å². The van der Waals surface area contributed by atoms with Crippen LogP contribution in [-0.2, 0) is 9.53 Å². The van der Waals surface area contributed by atoms with Crippen molar-refractivity contribution in [1.29, 1.82) is 0 Å². The Bertz CT molecular complexity index is 270. The number of nitrogens with zero attached hydrogens (tertiary/aromatic N) is 1. The Hall–Kier alpha value is -0.610. The molecule has 2 aliphatic rings. The average Bonchev–Trinajstić information content (AvgIpc) is 2.96. The van der Waals surface area contributed by atoms with Gasteiger partial charge in [-0.3, -0.25) is 4.79 Å². The second kappa shape index (κ2) is 5.83. The fraction of sp³-hybridized carbons (Fsp3) is 0.923. The minimum Gasteiger partial charge on any atom is -0.384 e. The third-order valence-electron chi connectivity index (χ3n) is 4.28. The van der Waals surface area contributed by atoms with Crippen molar-refractivity contribution in [2.24, 2.45) is 23.5 Å². The number of carbonyl (C=O) groups excluding carboxylic acids is 1. The van der Waals surface area contributed by atoms with E-state index in [0.29, 0.717) is 24.3 Å². The summed E-state index contributed by atoms with van der Waals surface area (Å²) >= 11 is 0. The van der Waals surface area contributed by atoms with Gasteiger partial charge in [0, 0.05) is 32.0 Å². The molecule has 1 amide bonds. The van der Waals surface area contributed by atoms with Crippen molar-refractivity contribution in [3.8, 4) is 0 Å². The molecule has 0 bridgehead atoms. The summed E-state index contributed by atoms with van der Waals surface area (Å²) in [5, 5.41) is 0. The van der Waals surface area contributed by atoms with E-state index in [2.05, 4.69) is 0 Å². The molecule has 1 saturated carbocycles. The molecule has 0 radical (unpaired) electrons. The van der Waals surface area contributed by atoms with Gasteiger partial charge in [-0.05, 0) is 31.7 Å². The lowest BCUT2D eigenvalue weighted by molar-refractivity contribution is -0.135. The highest BCUT2D eigenvalue weighted by Gasteiger charge is 2.37. The monoisotopic (exact) mass is 240 g/mol. The lowest BCUT2D eigenvalue weighted by Crippen LogP contribution is -2.37. The molecule has 2 fully saturated rings. The summed E-state index contributed by atoms with van der Waals surface area (Å²) in [5.74, 6) is 1.49. The van der Waals surface area contributed by atoms with Gasteiger partial charge in [-0.25, -0.2) is 0 Å². The van der Waals surface area contributed by atoms with E-state index in [4.69, 9.17) is 10.5 Å². The lowest BCUT2D eigenvalue weighted by atomic mass is 9.95. The Labute approximate surface area is 103 Å². The summed E-state index contributed by atoms with van der Waals surface area (Å²) in [6.07, 6.45) is 4.40. The van der Waals surface area contributed by atoms with Crippen molar-refractivity contribution in [3.63, 3.8) is 0 Å². The van der Waals surface area contributed by atoms with Crippen LogP contribution in [0.1, 0.15) is 25.7 Å². The summed E-state index contributed by atoms with van der Waals surface area (Å²) in [6.45, 7) is 3.21. The number of likely N-dealkylation sites (tertiary alicyclic amines) is 1. The molecule has 2 rings (SSSR count). The van der Waals surface area contributed by atoms with Gasteiger partial charge in [-0.15, -0.1) is 0 Å². The van der Waals surface area contributed by atoms with E-state index >= 15 is 0 Å². The molecule has 1 aliphatic carbocycles. The predicted molar refractivity (Wildman–Crippen MR) is 66.4 cm³/mol. The minimum absolute atomic E-state index is 0.196. The maximum Gasteiger partial charge on any atom is 0.226 e. The molecule has 1 heterocycles. The van der Waals surface area contributed by atoms with Crippen molar-refractivity contribution in [2.75, 3.05) is 33.4 Å². The third-order valence-corrected chi connectivity index (χ3v) is 4.28. The van der Waals surface area contributed by atoms with Crippen LogP contribution in [0.25, 0.3) is 0 Å². The van der Waals surface area contributed by atoms with Crippen molar-refractivity contribution in [2.45, 2.75) is 25.7 Å². The van der Waals surface area contributed by atoms with Crippen LogP contribution in [0.5, 0.6) is 0 Å². The normalized spacial score (nSPS) is 33.3. The summed E-state index contributed by atoms with van der Waals surface area (Å²) in [5.41, 5.74) is 5.74. The number of hydrogen-bond acceptors (Lipinski definition) is 3. The zero-order chi connectivity index (χ0) is 12.3. The van der Waals surface area contributed by atoms with Crippen LogP contribution in [0, 0.1) is 17.8 Å². The van der Waals surface area contributed by atoms with Crippen LogP contribution in [-0.4, -0.2) is 44.2 Å². The molecule has 0 aromatic rings. The van der Waals surface area contributed by atoms with Gasteiger partial charge >= 0.3 is 0 Å². The first-order valence-corrected chi connectivity index (χ1v) is 6.74. The molecule has 1 saturated heterocycles. The molecule has 1 unspecified atom stereocenters. The third kappa shape index (κ3) is 2.80. The number of carbonyl (C=O) groups is 1. The number of rotatable bonds is 4. The maximum atomic E-state index is 12.4. The van der Waals surface area contributed by atoms with Gasteiger partial charge in [0.2, 0.25) is 5.91 Å². The van der Waals surface area contributed by atoms with Crippen molar-refractivity contribution < 1.29 is 9.53 Å². The molecule has 0 aromatic heterocycles. The van der Waals surface area contributed by atoms with Crippen molar-refractivity contribution >= 4 is 5.91 Å². The van der Waals surface area contributed by atoms with Crippen LogP contribution in [0.2, 0.25) is 0 Å². The van der Waals surface area contributed by atoms with Gasteiger partial charge in [-0.1, -0.05) is 6.42 Å².